The Balaban J connectivity index is 1.76. The van der Waals surface area contributed by atoms with Gasteiger partial charge < -0.3 is 10.8 Å². The van der Waals surface area contributed by atoms with E-state index in [1.54, 1.807) is 0 Å². The van der Waals surface area contributed by atoms with Crippen molar-refractivity contribution in [1.82, 2.24) is 0 Å². The summed E-state index contributed by atoms with van der Waals surface area (Å²) in [5, 5.41) is 14.2. The first-order valence-corrected chi connectivity index (χ1v) is 10.5. The maximum Gasteiger partial charge on any atom is 0.0919 e. The molecule has 0 aromatic heterocycles. The van der Waals surface area contributed by atoms with Crippen LogP contribution in [0.4, 0.5) is 0 Å². The van der Waals surface area contributed by atoms with E-state index in [0.717, 1.165) is 27.5 Å². The van der Waals surface area contributed by atoms with Crippen molar-refractivity contribution >= 4 is 10.8 Å². The fourth-order valence-electron chi connectivity index (χ4n) is 4.21. The number of aliphatic hydroxyl groups is 1. The molecule has 0 fully saturated rings. The average Bonchev–Trinajstić information content (AvgIpc) is 2.76. The van der Waals surface area contributed by atoms with Crippen LogP contribution in [0.15, 0.2) is 91.0 Å². The first-order chi connectivity index (χ1) is 14.4. The summed E-state index contributed by atoms with van der Waals surface area (Å²) >= 11 is 0. The smallest absolute Gasteiger partial charge is 0.0919 e. The lowest BCUT2D eigenvalue weighted by Crippen LogP contribution is -2.45. The number of benzene rings is 4. The van der Waals surface area contributed by atoms with Gasteiger partial charge in [-0.2, -0.15) is 0 Å². The molecule has 0 aliphatic rings. The van der Waals surface area contributed by atoms with Gasteiger partial charge in [0.05, 0.1) is 11.6 Å². The van der Waals surface area contributed by atoms with Gasteiger partial charge in [0.2, 0.25) is 0 Å². The van der Waals surface area contributed by atoms with Gasteiger partial charge in [0.25, 0.3) is 0 Å². The molecular weight excluding hydrogens is 366 g/mol. The molecule has 4 aromatic rings. The zero-order chi connectivity index (χ0) is 21.1. The topological polar surface area (TPSA) is 46.2 Å². The van der Waals surface area contributed by atoms with Crippen molar-refractivity contribution in [2.45, 2.75) is 38.3 Å². The van der Waals surface area contributed by atoms with Crippen LogP contribution in [0.1, 0.15) is 33.9 Å². The summed E-state index contributed by atoms with van der Waals surface area (Å²) < 4.78 is 0. The Morgan fingerprint density at radius 3 is 1.77 bits per heavy atom. The fraction of sp³-hybridized carbons (Fsp3) is 0.214. The van der Waals surface area contributed by atoms with E-state index < -0.39 is 11.6 Å². The molecule has 0 saturated heterocycles. The minimum absolute atomic E-state index is 0.492. The molecule has 1 atom stereocenters. The van der Waals surface area contributed by atoms with Crippen molar-refractivity contribution in [2.24, 2.45) is 5.73 Å². The van der Waals surface area contributed by atoms with Crippen LogP contribution in [0, 0.1) is 13.8 Å². The van der Waals surface area contributed by atoms with Crippen molar-refractivity contribution in [1.29, 1.82) is 0 Å². The average molecular weight is 396 g/mol. The lowest BCUT2D eigenvalue weighted by Gasteiger charge is -2.35. The second-order valence-corrected chi connectivity index (χ2v) is 8.47. The van der Waals surface area contributed by atoms with E-state index in [9.17, 15) is 5.11 Å². The van der Waals surface area contributed by atoms with Gasteiger partial charge in [0.15, 0.2) is 0 Å². The van der Waals surface area contributed by atoms with E-state index in [4.69, 9.17) is 5.73 Å². The highest BCUT2D eigenvalue weighted by atomic mass is 16.3. The SMILES string of the molecule is Cc1ccc(CC(O)(Cc2ccc(C)cc2)[C@H](N)c2cccc3ccccc23)cc1. The van der Waals surface area contributed by atoms with Crippen LogP contribution < -0.4 is 5.73 Å². The minimum Gasteiger partial charge on any atom is -0.387 e. The first-order valence-electron chi connectivity index (χ1n) is 10.5. The molecule has 0 spiro atoms. The highest BCUT2D eigenvalue weighted by Gasteiger charge is 2.36. The van der Waals surface area contributed by atoms with Crippen LogP contribution >= 0.6 is 0 Å². The Bertz CT molecular complexity index is 1080. The minimum atomic E-state index is -1.12. The van der Waals surface area contributed by atoms with Crippen molar-refractivity contribution < 1.29 is 5.11 Å². The fourth-order valence-corrected chi connectivity index (χ4v) is 4.21. The van der Waals surface area contributed by atoms with E-state index in [0.29, 0.717) is 12.8 Å². The summed E-state index contributed by atoms with van der Waals surface area (Å²) in [6.07, 6.45) is 0.983. The monoisotopic (exact) mass is 395 g/mol. The van der Waals surface area contributed by atoms with Crippen molar-refractivity contribution in [3.8, 4) is 0 Å². The van der Waals surface area contributed by atoms with E-state index in [-0.39, 0.29) is 0 Å². The highest BCUT2D eigenvalue weighted by molar-refractivity contribution is 5.86. The number of rotatable bonds is 6. The molecule has 0 aliphatic carbocycles. The van der Waals surface area contributed by atoms with Gasteiger partial charge in [-0.25, -0.2) is 0 Å². The van der Waals surface area contributed by atoms with Gasteiger partial charge in [-0.15, -0.1) is 0 Å². The summed E-state index contributed by atoms with van der Waals surface area (Å²) in [6, 6.07) is 30.6. The highest BCUT2D eigenvalue weighted by Crippen LogP contribution is 2.34. The van der Waals surface area contributed by atoms with Crippen LogP contribution in [-0.2, 0) is 12.8 Å². The molecule has 0 amide bonds. The molecule has 30 heavy (non-hydrogen) atoms. The molecule has 0 unspecified atom stereocenters. The van der Waals surface area contributed by atoms with Gasteiger partial charge >= 0.3 is 0 Å². The molecule has 0 bridgehead atoms. The zero-order valence-corrected chi connectivity index (χ0v) is 17.7. The molecule has 0 saturated carbocycles. The van der Waals surface area contributed by atoms with Gasteiger partial charge in [-0.05, 0) is 41.3 Å². The quantitative estimate of drug-likeness (QED) is 0.442. The molecule has 2 heteroatoms. The van der Waals surface area contributed by atoms with Crippen molar-refractivity contribution in [3.63, 3.8) is 0 Å². The van der Waals surface area contributed by atoms with E-state index >= 15 is 0 Å². The number of fused-ring (bicyclic) bond motifs is 1. The number of hydrogen-bond donors (Lipinski definition) is 2. The Morgan fingerprint density at radius 1 is 0.700 bits per heavy atom. The molecule has 152 valence electrons. The first kappa shape index (κ1) is 20.3. The molecule has 2 nitrogen and oxygen atoms in total. The van der Waals surface area contributed by atoms with E-state index in [2.05, 4.69) is 80.6 Å². The van der Waals surface area contributed by atoms with Gasteiger partial charge in [0, 0.05) is 12.8 Å². The van der Waals surface area contributed by atoms with Crippen molar-refractivity contribution in [3.05, 3.63) is 119 Å². The predicted octanol–water partition coefficient (Wildman–Crippen LogP) is 5.67. The largest absolute Gasteiger partial charge is 0.387 e. The lowest BCUT2D eigenvalue weighted by atomic mass is 9.78. The summed E-state index contributed by atoms with van der Waals surface area (Å²) in [6.45, 7) is 4.15. The normalized spacial score (nSPS) is 12.8. The van der Waals surface area contributed by atoms with Crippen LogP contribution in [0.3, 0.4) is 0 Å². The molecular formula is C28H29NO. The van der Waals surface area contributed by atoms with E-state index in [1.165, 1.54) is 11.1 Å². The second kappa shape index (κ2) is 8.43. The van der Waals surface area contributed by atoms with Gasteiger partial charge in [0.1, 0.15) is 0 Å². The summed E-state index contributed by atoms with van der Waals surface area (Å²) in [7, 11) is 0. The Kier molecular flexibility index (Phi) is 5.72. The summed E-state index contributed by atoms with van der Waals surface area (Å²) in [5.41, 5.74) is 11.3. The lowest BCUT2D eigenvalue weighted by molar-refractivity contribution is 0.0141. The zero-order valence-electron chi connectivity index (χ0n) is 17.7. The molecule has 0 radical (unpaired) electrons. The summed E-state index contributed by atoms with van der Waals surface area (Å²) in [4.78, 5) is 0. The summed E-state index contributed by atoms with van der Waals surface area (Å²) in [5.74, 6) is 0. The van der Waals surface area contributed by atoms with Crippen LogP contribution in [0.5, 0.6) is 0 Å². The van der Waals surface area contributed by atoms with Crippen molar-refractivity contribution in [2.75, 3.05) is 0 Å². The maximum absolute atomic E-state index is 12.0. The third-order valence-electron chi connectivity index (χ3n) is 6.00. The Hall–Kier alpha value is -2.94. The predicted molar refractivity (Wildman–Crippen MR) is 126 cm³/mol. The maximum atomic E-state index is 12.0. The third-order valence-corrected chi connectivity index (χ3v) is 6.00. The van der Waals surface area contributed by atoms with Crippen LogP contribution in [0.25, 0.3) is 10.8 Å². The second-order valence-electron chi connectivity index (χ2n) is 8.47. The van der Waals surface area contributed by atoms with Crippen LogP contribution in [-0.4, -0.2) is 10.7 Å². The molecule has 0 heterocycles. The molecule has 4 aromatic carbocycles. The standard InChI is InChI=1S/C28H29NO/c1-20-10-14-22(15-11-20)18-28(30,19-23-16-12-21(2)13-17-23)27(29)26-9-5-7-24-6-3-4-8-25(24)26/h3-17,27,30H,18-19,29H2,1-2H3/t27-/m1/s1. The number of nitrogens with two attached hydrogens (primary N) is 1. The number of hydrogen-bond acceptors (Lipinski definition) is 2. The Labute approximate surface area is 179 Å². The number of aryl methyl sites for hydroxylation is 2. The molecule has 4 rings (SSSR count). The Morgan fingerprint density at radius 2 is 1.20 bits per heavy atom. The van der Waals surface area contributed by atoms with Crippen LogP contribution in [0.2, 0.25) is 0 Å². The third kappa shape index (κ3) is 4.30. The van der Waals surface area contributed by atoms with E-state index in [1.807, 2.05) is 24.3 Å². The molecule has 0 aliphatic heterocycles. The van der Waals surface area contributed by atoms with Gasteiger partial charge in [-0.1, -0.05) is 102 Å². The molecule has 3 N–H and O–H groups in total. The van der Waals surface area contributed by atoms with Gasteiger partial charge in [-0.3, -0.25) is 0 Å².